The minimum atomic E-state index is -0.345. The molecular weight excluding hydrogens is 192 g/mol. The Hall–Kier alpha value is -0.610. The van der Waals surface area contributed by atoms with Crippen LogP contribution in [0.5, 0.6) is 0 Å². The molecular formula is C11H22N2O2. The molecule has 0 spiro atoms. The number of carbonyl (C=O) groups is 1. The number of ether oxygens (including phenoxy) is 1. The minimum absolute atomic E-state index is 0.0690. The first-order chi connectivity index (χ1) is 7.07. The third kappa shape index (κ3) is 2.92. The molecule has 0 aromatic rings. The summed E-state index contributed by atoms with van der Waals surface area (Å²) >= 11 is 0. The number of amides is 1. The minimum Gasteiger partial charge on any atom is -0.375 e. The highest BCUT2D eigenvalue weighted by Gasteiger charge is 2.31. The van der Waals surface area contributed by atoms with Crippen molar-refractivity contribution in [3.63, 3.8) is 0 Å². The van der Waals surface area contributed by atoms with Gasteiger partial charge in [0.1, 0.15) is 0 Å². The highest BCUT2D eigenvalue weighted by molar-refractivity contribution is 5.82. The second-order valence-electron chi connectivity index (χ2n) is 4.24. The van der Waals surface area contributed by atoms with E-state index < -0.39 is 0 Å². The molecule has 0 saturated carbocycles. The molecule has 0 aromatic carbocycles. The molecule has 0 unspecified atom stereocenters. The standard InChI is InChI=1S/C11H22N2O2/c1-4-5-10(12)11(14)13-6-7-15-9(3)8(13)2/h8-10H,4-7,12H2,1-3H3/t8-,9+,10+/m1/s1. The highest BCUT2D eigenvalue weighted by atomic mass is 16.5. The van der Waals surface area contributed by atoms with Gasteiger partial charge in [-0.25, -0.2) is 0 Å². The van der Waals surface area contributed by atoms with E-state index in [2.05, 4.69) is 0 Å². The summed E-state index contributed by atoms with van der Waals surface area (Å²) in [5.41, 5.74) is 5.83. The van der Waals surface area contributed by atoms with Gasteiger partial charge in [-0.2, -0.15) is 0 Å². The van der Waals surface area contributed by atoms with Crippen molar-refractivity contribution in [3.05, 3.63) is 0 Å². The van der Waals surface area contributed by atoms with Crippen molar-refractivity contribution in [1.82, 2.24) is 4.90 Å². The van der Waals surface area contributed by atoms with Crippen LogP contribution in [-0.4, -0.2) is 42.1 Å². The molecule has 1 amide bonds. The SMILES string of the molecule is CCC[C@H](N)C(=O)N1CCO[C@@H](C)[C@H]1C. The fraction of sp³-hybridized carbons (Fsp3) is 0.909. The van der Waals surface area contributed by atoms with E-state index in [4.69, 9.17) is 10.5 Å². The zero-order valence-electron chi connectivity index (χ0n) is 9.90. The van der Waals surface area contributed by atoms with Crippen molar-refractivity contribution >= 4 is 5.91 Å². The van der Waals surface area contributed by atoms with E-state index in [1.54, 1.807) is 0 Å². The Morgan fingerprint density at radius 3 is 2.87 bits per heavy atom. The zero-order valence-corrected chi connectivity index (χ0v) is 9.90. The van der Waals surface area contributed by atoms with Crippen molar-refractivity contribution < 1.29 is 9.53 Å². The summed E-state index contributed by atoms with van der Waals surface area (Å²) in [5.74, 6) is 0.0690. The van der Waals surface area contributed by atoms with E-state index >= 15 is 0 Å². The lowest BCUT2D eigenvalue weighted by Gasteiger charge is -2.39. The van der Waals surface area contributed by atoms with E-state index in [0.29, 0.717) is 13.2 Å². The fourth-order valence-electron chi connectivity index (χ4n) is 1.89. The molecule has 88 valence electrons. The molecule has 0 radical (unpaired) electrons. The summed E-state index contributed by atoms with van der Waals surface area (Å²) in [4.78, 5) is 13.8. The van der Waals surface area contributed by atoms with Gasteiger partial charge in [-0.3, -0.25) is 4.79 Å². The monoisotopic (exact) mass is 214 g/mol. The van der Waals surface area contributed by atoms with Gasteiger partial charge < -0.3 is 15.4 Å². The smallest absolute Gasteiger partial charge is 0.239 e. The summed E-state index contributed by atoms with van der Waals surface area (Å²) in [6.45, 7) is 7.34. The van der Waals surface area contributed by atoms with Crippen molar-refractivity contribution in [2.24, 2.45) is 5.73 Å². The third-order valence-corrected chi connectivity index (χ3v) is 3.08. The molecule has 0 aromatic heterocycles. The lowest BCUT2D eigenvalue weighted by atomic mass is 10.1. The van der Waals surface area contributed by atoms with Gasteiger partial charge in [0.2, 0.25) is 5.91 Å². The summed E-state index contributed by atoms with van der Waals surface area (Å²) in [7, 11) is 0. The Labute approximate surface area is 91.8 Å². The van der Waals surface area contributed by atoms with Crippen LogP contribution >= 0.6 is 0 Å². The van der Waals surface area contributed by atoms with Crippen molar-refractivity contribution in [2.75, 3.05) is 13.2 Å². The van der Waals surface area contributed by atoms with Crippen LogP contribution in [-0.2, 0) is 9.53 Å². The van der Waals surface area contributed by atoms with Gasteiger partial charge in [-0.15, -0.1) is 0 Å². The van der Waals surface area contributed by atoms with Crippen molar-refractivity contribution in [3.8, 4) is 0 Å². The lowest BCUT2D eigenvalue weighted by molar-refractivity contribution is -0.145. The Bertz CT molecular complexity index is 221. The second kappa shape index (κ2) is 5.47. The Kier molecular flexibility index (Phi) is 4.54. The largest absolute Gasteiger partial charge is 0.375 e. The van der Waals surface area contributed by atoms with Crippen molar-refractivity contribution in [1.29, 1.82) is 0 Å². The Morgan fingerprint density at radius 1 is 1.60 bits per heavy atom. The number of hydrogen-bond donors (Lipinski definition) is 1. The number of hydrogen-bond acceptors (Lipinski definition) is 3. The molecule has 2 N–H and O–H groups in total. The predicted octanol–water partition coefficient (Wildman–Crippen LogP) is 0.750. The highest BCUT2D eigenvalue weighted by Crippen LogP contribution is 2.15. The Morgan fingerprint density at radius 2 is 2.27 bits per heavy atom. The van der Waals surface area contributed by atoms with Gasteiger partial charge in [-0.05, 0) is 20.3 Å². The van der Waals surface area contributed by atoms with Gasteiger partial charge in [0, 0.05) is 6.54 Å². The lowest BCUT2D eigenvalue weighted by Crippen LogP contribution is -2.55. The van der Waals surface area contributed by atoms with Crippen LogP contribution in [0.4, 0.5) is 0 Å². The Balaban J connectivity index is 2.57. The molecule has 0 aliphatic carbocycles. The van der Waals surface area contributed by atoms with E-state index in [1.165, 1.54) is 0 Å². The first kappa shape index (κ1) is 12.5. The van der Waals surface area contributed by atoms with Gasteiger partial charge in [-0.1, -0.05) is 13.3 Å². The molecule has 4 heteroatoms. The number of nitrogens with zero attached hydrogens (tertiary/aromatic N) is 1. The summed E-state index contributed by atoms with van der Waals surface area (Å²) in [5, 5.41) is 0. The van der Waals surface area contributed by atoms with E-state index in [-0.39, 0.29) is 24.1 Å². The fourth-order valence-corrected chi connectivity index (χ4v) is 1.89. The third-order valence-electron chi connectivity index (χ3n) is 3.08. The normalized spacial score (nSPS) is 28.9. The van der Waals surface area contributed by atoms with Gasteiger partial charge in [0.05, 0.1) is 24.8 Å². The molecule has 1 fully saturated rings. The van der Waals surface area contributed by atoms with Crippen LogP contribution in [0.2, 0.25) is 0 Å². The van der Waals surface area contributed by atoms with Crippen LogP contribution in [0.3, 0.4) is 0 Å². The number of nitrogens with two attached hydrogens (primary N) is 1. The van der Waals surface area contributed by atoms with E-state index in [9.17, 15) is 4.79 Å². The van der Waals surface area contributed by atoms with Gasteiger partial charge >= 0.3 is 0 Å². The molecule has 15 heavy (non-hydrogen) atoms. The zero-order chi connectivity index (χ0) is 11.4. The van der Waals surface area contributed by atoms with Crippen LogP contribution in [0.1, 0.15) is 33.6 Å². The topological polar surface area (TPSA) is 55.6 Å². The maximum Gasteiger partial charge on any atom is 0.239 e. The average molecular weight is 214 g/mol. The number of carbonyl (C=O) groups excluding carboxylic acids is 1. The number of morpholine rings is 1. The van der Waals surface area contributed by atoms with Gasteiger partial charge in [0.15, 0.2) is 0 Å². The second-order valence-corrected chi connectivity index (χ2v) is 4.24. The van der Waals surface area contributed by atoms with Crippen LogP contribution in [0.25, 0.3) is 0 Å². The molecule has 1 saturated heterocycles. The average Bonchev–Trinajstić information content (AvgIpc) is 2.21. The van der Waals surface area contributed by atoms with E-state index in [0.717, 1.165) is 12.8 Å². The molecule has 1 rings (SSSR count). The summed E-state index contributed by atoms with van der Waals surface area (Å²) < 4.78 is 5.48. The molecule has 1 aliphatic heterocycles. The molecule has 1 aliphatic rings. The van der Waals surface area contributed by atoms with Gasteiger partial charge in [0.25, 0.3) is 0 Å². The first-order valence-corrected chi connectivity index (χ1v) is 5.75. The molecule has 4 nitrogen and oxygen atoms in total. The predicted molar refractivity (Wildman–Crippen MR) is 59.5 cm³/mol. The molecule has 3 atom stereocenters. The van der Waals surface area contributed by atoms with Crippen LogP contribution in [0.15, 0.2) is 0 Å². The maximum absolute atomic E-state index is 12.0. The van der Waals surface area contributed by atoms with Crippen LogP contribution < -0.4 is 5.73 Å². The maximum atomic E-state index is 12.0. The summed E-state index contributed by atoms with van der Waals surface area (Å²) in [6.07, 6.45) is 1.81. The molecule has 0 bridgehead atoms. The molecule has 1 heterocycles. The van der Waals surface area contributed by atoms with Crippen molar-refractivity contribution in [2.45, 2.75) is 51.8 Å². The summed E-state index contributed by atoms with van der Waals surface area (Å²) in [6, 6.07) is -0.211. The van der Waals surface area contributed by atoms with Crippen LogP contribution in [0, 0.1) is 0 Å². The first-order valence-electron chi connectivity index (χ1n) is 5.75. The van der Waals surface area contributed by atoms with E-state index in [1.807, 2.05) is 25.7 Å². The number of rotatable bonds is 3. The quantitative estimate of drug-likeness (QED) is 0.754.